The number of hydrogen-bond acceptors (Lipinski definition) is 3. The van der Waals surface area contributed by atoms with Crippen LogP contribution in [-0.4, -0.2) is 58.8 Å². The molecular weight excluding hydrogens is 326 g/mol. The average Bonchev–Trinajstić information content (AvgIpc) is 2.92. The standard InChI is InChI=1S/C20H29N5O/c1-15-11-16(2)25(22-15)10-9-21-20(26)24(4)14-19-12-17-7-5-6-8-18(17)13-23(19)3/h5-8,11,19H,9-10,12-14H2,1-4H3,(H,21,26)/t19-/m0/s1. The van der Waals surface area contributed by atoms with Gasteiger partial charge in [-0.15, -0.1) is 0 Å². The zero-order chi connectivity index (χ0) is 18.7. The Hall–Kier alpha value is -2.34. The Labute approximate surface area is 155 Å². The van der Waals surface area contributed by atoms with Gasteiger partial charge in [0.05, 0.1) is 12.2 Å². The van der Waals surface area contributed by atoms with E-state index in [4.69, 9.17) is 0 Å². The summed E-state index contributed by atoms with van der Waals surface area (Å²) in [7, 11) is 4.00. The van der Waals surface area contributed by atoms with Crippen molar-refractivity contribution in [2.45, 2.75) is 39.4 Å². The second-order valence-corrected chi connectivity index (χ2v) is 7.30. The molecule has 2 amide bonds. The maximum Gasteiger partial charge on any atom is 0.317 e. The van der Waals surface area contributed by atoms with Crippen LogP contribution >= 0.6 is 0 Å². The van der Waals surface area contributed by atoms with Crippen LogP contribution in [0.2, 0.25) is 0 Å². The van der Waals surface area contributed by atoms with Gasteiger partial charge in [0.25, 0.3) is 0 Å². The van der Waals surface area contributed by atoms with Gasteiger partial charge in [0.2, 0.25) is 0 Å². The summed E-state index contributed by atoms with van der Waals surface area (Å²) in [4.78, 5) is 16.5. The number of fused-ring (bicyclic) bond motifs is 1. The highest BCUT2D eigenvalue weighted by Gasteiger charge is 2.25. The third kappa shape index (κ3) is 4.25. The molecule has 0 bridgehead atoms. The van der Waals surface area contributed by atoms with Gasteiger partial charge in [0.1, 0.15) is 0 Å². The number of urea groups is 1. The van der Waals surface area contributed by atoms with E-state index in [0.29, 0.717) is 19.1 Å². The Bertz CT molecular complexity index is 769. The van der Waals surface area contributed by atoms with Gasteiger partial charge in [-0.1, -0.05) is 24.3 Å². The summed E-state index contributed by atoms with van der Waals surface area (Å²) in [6.07, 6.45) is 0.982. The molecule has 1 aromatic heterocycles. The number of rotatable bonds is 5. The predicted molar refractivity (Wildman–Crippen MR) is 103 cm³/mol. The first-order valence-corrected chi connectivity index (χ1v) is 9.21. The molecule has 2 aromatic rings. The van der Waals surface area contributed by atoms with E-state index in [1.54, 1.807) is 4.90 Å². The van der Waals surface area contributed by atoms with Crippen LogP contribution in [0.4, 0.5) is 4.79 Å². The zero-order valence-electron chi connectivity index (χ0n) is 16.2. The smallest absolute Gasteiger partial charge is 0.317 e. The molecular formula is C20H29N5O. The first-order chi connectivity index (χ1) is 12.4. The minimum Gasteiger partial charge on any atom is -0.336 e. The molecule has 140 valence electrons. The van der Waals surface area contributed by atoms with Gasteiger partial charge >= 0.3 is 6.03 Å². The highest BCUT2D eigenvalue weighted by molar-refractivity contribution is 5.73. The molecule has 26 heavy (non-hydrogen) atoms. The molecule has 0 radical (unpaired) electrons. The number of aryl methyl sites for hydroxylation is 2. The molecule has 3 rings (SSSR count). The SMILES string of the molecule is Cc1cc(C)n(CCNC(=O)N(C)C[C@@H]2Cc3ccccc3CN2C)n1. The largest absolute Gasteiger partial charge is 0.336 e. The fraction of sp³-hybridized carbons (Fsp3) is 0.500. The van der Waals surface area contributed by atoms with Crippen LogP contribution in [0.15, 0.2) is 30.3 Å². The molecule has 1 atom stereocenters. The van der Waals surface area contributed by atoms with E-state index >= 15 is 0 Å². The molecule has 1 aliphatic heterocycles. The van der Waals surface area contributed by atoms with Crippen LogP contribution in [0.3, 0.4) is 0 Å². The first kappa shape index (κ1) is 18.5. The summed E-state index contributed by atoms with van der Waals surface area (Å²) in [5, 5.41) is 7.42. The second kappa shape index (κ2) is 7.91. The van der Waals surface area contributed by atoms with Gasteiger partial charge in [-0.25, -0.2) is 4.79 Å². The van der Waals surface area contributed by atoms with Gasteiger partial charge in [-0.3, -0.25) is 9.58 Å². The number of carbonyl (C=O) groups is 1. The number of nitrogens with zero attached hydrogens (tertiary/aromatic N) is 4. The van der Waals surface area contributed by atoms with Crippen molar-refractivity contribution in [3.05, 3.63) is 52.8 Å². The number of carbonyl (C=O) groups excluding carboxylic acids is 1. The number of benzene rings is 1. The molecule has 0 saturated carbocycles. The summed E-state index contributed by atoms with van der Waals surface area (Å²) in [6, 6.07) is 10.9. The molecule has 0 spiro atoms. The fourth-order valence-electron chi connectivity index (χ4n) is 3.63. The molecule has 6 nitrogen and oxygen atoms in total. The zero-order valence-corrected chi connectivity index (χ0v) is 16.2. The average molecular weight is 355 g/mol. The van der Waals surface area contributed by atoms with Crippen LogP contribution in [0, 0.1) is 13.8 Å². The molecule has 0 aliphatic carbocycles. The van der Waals surface area contributed by atoms with E-state index in [2.05, 4.69) is 46.6 Å². The third-order valence-corrected chi connectivity index (χ3v) is 5.15. The molecule has 0 unspecified atom stereocenters. The maximum absolute atomic E-state index is 12.4. The van der Waals surface area contributed by atoms with Crippen LogP contribution in [0.25, 0.3) is 0 Å². The topological polar surface area (TPSA) is 53.4 Å². The van der Waals surface area contributed by atoms with Crippen LogP contribution < -0.4 is 5.32 Å². The molecule has 0 fully saturated rings. The Morgan fingerprint density at radius 3 is 2.73 bits per heavy atom. The van der Waals surface area contributed by atoms with Crippen molar-refractivity contribution in [3.8, 4) is 0 Å². The van der Waals surface area contributed by atoms with Gasteiger partial charge in [-0.05, 0) is 44.5 Å². The third-order valence-electron chi connectivity index (χ3n) is 5.15. The van der Waals surface area contributed by atoms with Gasteiger partial charge in [-0.2, -0.15) is 5.10 Å². The van der Waals surface area contributed by atoms with E-state index < -0.39 is 0 Å². The highest BCUT2D eigenvalue weighted by atomic mass is 16.2. The first-order valence-electron chi connectivity index (χ1n) is 9.21. The summed E-state index contributed by atoms with van der Waals surface area (Å²) >= 11 is 0. The minimum atomic E-state index is -0.0289. The van der Waals surface area contributed by atoms with Crippen LogP contribution in [-0.2, 0) is 19.5 Å². The van der Waals surface area contributed by atoms with E-state index in [9.17, 15) is 4.79 Å². The minimum absolute atomic E-state index is 0.0289. The lowest BCUT2D eigenvalue weighted by Crippen LogP contribution is -2.48. The number of likely N-dealkylation sites (N-methyl/N-ethyl adjacent to an activating group) is 2. The summed E-state index contributed by atoms with van der Waals surface area (Å²) < 4.78 is 1.93. The van der Waals surface area contributed by atoms with Crippen molar-refractivity contribution in [1.82, 2.24) is 24.9 Å². The monoisotopic (exact) mass is 355 g/mol. The lowest BCUT2D eigenvalue weighted by molar-refractivity contribution is 0.159. The van der Waals surface area contributed by atoms with E-state index in [1.807, 2.05) is 31.6 Å². The van der Waals surface area contributed by atoms with E-state index in [0.717, 1.165) is 30.9 Å². The van der Waals surface area contributed by atoms with Crippen molar-refractivity contribution in [3.63, 3.8) is 0 Å². The highest BCUT2D eigenvalue weighted by Crippen LogP contribution is 2.22. The van der Waals surface area contributed by atoms with Gasteiger partial charge in [0, 0.05) is 38.4 Å². The van der Waals surface area contributed by atoms with Gasteiger partial charge in [0.15, 0.2) is 0 Å². The molecule has 1 aromatic carbocycles. The lowest BCUT2D eigenvalue weighted by Gasteiger charge is -2.36. The molecule has 1 aliphatic rings. The fourth-order valence-corrected chi connectivity index (χ4v) is 3.63. The summed E-state index contributed by atoms with van der Waals surface area (Å²) in [5.74, 6) is 0. The van der Waals surface area contributed by atoms with Crippen LogP contribution in [0.5, 0.6) is 0 Å². The number of hydrogen-bond donors (Lipinski definition) is 1. The molecule has 2 heterocycles. The van der Waals surface area contributed by atoms with Crippen molar-refractivity contribution < 1.29 is 4.79 Å². The number of amides is 2. The molecule has 0 saturated heterocycles. The van der Waals surface area contributed by atoms with Crippen molar-refractivity contribution in [2.75, 3.05) is 27.2 Å². The summed E-state index contributed by atoms with van der Waals surface area (Å²) in [5.41, 5.74) is 4.91. The Balaban J connectivity index is 1.49. The second-order valence-electron chi connectivity index (χ2n) is 7.30. The quantitative estimate of drug-likeness (QED) is 0.895. The molecule has 1 N–H and O–H groups in total. The number of nitrogens with one attached hydrogen (secondary N) is 1. The Morgan fingerprint density at radius 2 is 2.04 bits per heavy atom. The van der Waals surface area contributed by atoms with Crippen molar-refractivity contribution in [2.24, 2.45) is 0 Å². The van der Waals surface area contributed by atoms with E-state index in [-0.39, 0.29) is 6.03 Å². The normalized spacial score (nSPS) is 17.0. The van der Waals surface area contributed by atoms with Crippen molar-refractivity contribution in [1.29, 1.82) is 0 Å². The van der Waals surface area contributed by atoms with Gasteiger partial charge < -0.3 is 10.2 Å². The van der Waals surface area contributed by atoms with Crippen LogP contribution in [0.1, 0.15) is 22.5 Å². The van der Waals surface area contributed by atoms with E-state index in [1.165, 1.54) is 11.1 Å². The van der Waals surface area contributed by atoms with Crippen molar-refractivity contribution >= 4 is 6.03 Å². The molecule has 6 heteroatoms. The number of aromatic nitrogens is 2. The Morgan fingerprint density at radius 1 is 1.31 bits per heavy atom. The maximum atomic E-state index is 12.4. The predicted octanol–water partition coefficient (Wildman–Crippen LogP) is 2.20. The summed E-state index contributed by atoms with van der Waals surface area (Å²) in [6.45, 7) is 6.94. The lowest BCUT2D eigenvalue weighted by atomic mass is 9.94. The Kier molecular flexibility index (Phi) is 5.61.